The average molecular weight is 461 g/mol. The first-order valence-corrected chi connectivity index (χ1v) is 11.9. The second-order valence-corrected chi connectivity index (χ2v) is 10.2. The van der Waals surface area contributed by atoms with Gasteiger partial charge in [-0.25, -0.2) is 9.83 Å². The van der Waals surface area contributed by atoms with Crippen molar-refractivity contribution < 1.29 is 4.79 Å². The molecule has 4 aromatic rings. The molecule has 7 heteroatoms. The Labute approximate surface area is 203 Å². The monoisotopic (exact) mass is 460 g/mol. The number of imidazole rings is 1. The van der Waals surface area contributed by atoms with E-state index in [1.165, 1.54) is 0 Å². The molecule has 7 nitrogen and oxygen atoms in total. The lowest BCUT2D eigenvalue weighted by atomic mass is 9.79. The Hall–Kier alpha value is -4.15. The minimum atomic E-state index is 0.113. The summed E-state index contributed by atoms with van der Waals surface area (Å²) in [6.45, 7) is 10.7. The standard InChI is InChI=1S/C28H24N6O/c1-29-22-5-3-19(4-6-22)20-12-25-27-30-9-10-33(27)24-8-7-23(11-21(24)15-32(25)14-20)34-18-28(13-26(34)35)16-31(2)17-28/h3-12,14H,13,15-18H2,2H3. The molecule has 0 atom stereocenters. The first-order chi connectivity index (χ1) is 17.0. The molecule has 2 saturated heterocycles. The van der Waals surface area contributed by atoms with Crippen LogP contribution in [-0.2, 0) is 11.3 Å². The van der Waals surface area contributed by atoms with Crippen LogP contribution in [0.15, 0.2) is 67.1 Å². The van der Waals surface area contributed by atoms with Crippen LogP contribution in [0.5, 0.6) is 0 Å². The Morgan fingerprint density at radius 2 is 1.86 bits per heavy atom. The molecule has 7 rings (SSSR count). The molecule has 0 radical (unpaired) electrons. The highest BCUT2D eigenvalue weighted by Gasteiger charge is 2.50. The number of nitrogens with zero attached hydrogens (tertiary/aromatic N) is 6. The van der Waals surface area contributed by atoms with Crippen LogP contribution < -0.4 is 4.90 Å². The third-order valence-corrected chi connectivity index (χ3v) is 7.60. The summed E-state index contributed by atoms with van der Waals surface area (Å²) in [4.78, 5) is 25.4. The van der Waals surface area contributed by atoms with Crippen molar-refractivity contribution >= 4 is 17.3 Å². The van der Waals surface area contributed by atoms with Gasteiger partial charge in [0.1, 0.15) is 0 Å². The van der Waals surface area contributed by atoms with Gasteiger partial charge in [0.15, 0.2) is 11.5 Å². The fourth-order valence-electron chi connectivity index (χ4n) is 6.13. The van der Waals surface area contributed by atoms with Gasteiger partial charge in [0.05, 0.1) is 18.0 Å². The summed E-state index contributed by atoms with van der Waals surface area (Å²) < 4.78 is 4.37. The topological polar surface area (TPSA) is 50.7 Å². The maximum absolute atomic E-state index is 13.0. The van der Waals surface area contributed by atoms with E-state index in [2.05, 4.69) is 61.4 Å². The molecule has 2 fully saturated rings. The number of amides is 1. The van der Waals surface area contributed by atoms with Crippen molar-refractivity contribution in [1.29, 1.82) is 0 Å². The maximum atomic E-state index is 13.0. The van der Waals surface area contributed by atoms with E-state index in [0.717, 1.165) is 59.2 Å². The Bertz CT molecular complexity index is 1530. The zero-order valence-electron chi connectivity index (χ0n) is 19.5. The zero-order valence-corrected chi connectivity index (χ0v) is 19.5. The molecule has 0 N–H and O–H groups in total. The Kier molecular flexibility index (Phi) is 4.15. The number of anilines is 1. The van der Waals surface area contributed by atoms with Gasteiger partial charge in [-0.05, 0) is 42.4 Å². The normalized spacial score (nSPS) is 17.9. The van der Waals surface area contributed by atoms with E-state index in [9.17, 15) is 4.79 Å². The van der Waals surface area contributed by atoms with E-state index in [-0.39, 0.29) is 11.3 Å². The number of rotatable bonds is 2. The number of hydrogen-bond donors (Lipinski definition) is 0. The van der Waals surface area contributed by atoms with Crippen molar-refractivity contribution in [2.45, 2.75) is 13.0 Å². The summed E-state index contributed by atoms with van der Waals surface area (Å²) in [7, 11) is 2.12. The molecule has 0 aliphatic carbocycles. The van der Waals surface area contributed by atoms with Gasteiger partial charge in [-0.1, -0.05) is 24.3 Å². The number of benzene rings is 2. The summed E-state index contributed by atoms with van der Waals surface area (Å²) in [5.74, 6) is 1.12. The summed E-state index contributed by atoms with van der Waals surface area (Å²) in [5, 5.41) is 0. The van der Waals surface area contributed by atoms with Crippen LogP contribution in [0.25, 0.3) is 33.2 Å². The SMILES string of the molecule is [C-]#[N+]c1ccc(-c2cc3n(c2)Cc2cc(N4CC5(CC4=O)CN(C)C5)ccc2-n2ccnc2-3)cc1. The van der Waals surface area contributed by atoms with Gasteiger partial charge in [-0.3, -0.25) is 9.36 Å². The molecule has 2 aromatic heterocycles. The molecule has 35 heavy (non-hydrogen) atoms. The molecular formula is C28H24N6O. The van der Waals surface area contributed by atoms with Gasteiger partial charge < -0.3 is 14.4 Å². The molecule has 3 aliphatic rings. The van der Waals surface area contributed by atoms with Crippen LogP contribution >= 0.6 is 0 Å². The molecule has 1 spiro atoms. The second kappa shape index (κ2) is 7.17. The van der Waals surface area contributed by atoms with E-state index in [4.69, 9.17) is 6.57 Å². The van der Waals surface area contributed by atoms with Crippen molar-refractivity contribution in [1.82, 2.24) is 19.0 Å². The first kappa shape index (κ1) is 20.2. The average Bonchev–Trinajstić information content (AvgIpc) is 3.55. The second-order valence-electron chi connectivity index (χ2n) is 10.2. The summed E-state index contributed by atoms with van der Waals surface area (Å²) in [5.41, 5.74) is 7.20. The summed E-state index contributed by atoms with van der Waals surface area (Å²) in [6, 6.07) is 16.2. The smallest absolute Gasteiger partial charge is 0.227 e. The molecule has 5 heterocycles. The lowest BCUT2D eigenvalue weighted by Gasteiger charge is -2.45. The van der Waals surface area contributed by atoms with Gasteiger partial charge >= 0.3 is 0 Å². The third-order valence-electron chi connectivity index (χ3n) is 7.60. The molecule has 3 aliphatic heterocycles. The van der Waals surface area contributed by atoms with Gasteiger partial charge in [0.25, 0.3) is 0 Å². The highest BCUT2D eigenvalue weighted by molar-refractivity contribution is 5.97. The van der Waals surface area contributed by atoms with E-state index in [0.29, 0.717) is 18.7 Å². The largest absolute Gasteiger partial charge is 0.340 e. The van der Waals surface area contributed by atoms with Crippen molar-refractivity contribution in [2.75, 3.05) is 31.6 Å². The lowest BCUT2D eigenvalue weighted by Crippen LogP contribution is -2.55. The van der Waals surface area contributed by atoms with E-state index in [1.54, 1.807) is 0 Å². The molecule has 0 bridgehead atoms. The van der Waals surface area contributed by atoms with Crippen molar-refractivity contribution in [3.05, 3.63) is 84.1 Å². The highest BCUT2D eigenvalue weighted by Crippen LogP contribution is 2.42. The Morgan fingerprint density at radius 1 is 1.03 bits per heavy atom. The van der Waals surface area contributed by atoms with Crippen molar-refractivity contribution in [2.24, 2.45) is 5.41 Å². The fraction of sp³-hybridized carbons (Fsp3) is 0.250. The van der Waals surface area contributed by atoms with Gasteiger partial charge in [0, 0.05) is 67.9 Å². The Morgan fingerprint density at radius 3 is 2.63 bits per heavy atom. The van der Waals surface area contributed by atoms with Crippen LogP contribution in [0.1, 0.15) is 12.0 Å². The molecule has 172 valence electrons. The predicted octanol–water partition coefficient (Wildman–Crippen LogP) is 4.59. The number of fused-ring (bicyclic) bond motifs is 5. The number of hydrogen-bond acceptors (Lipinski definition) is 3. The number of likely N-dealkylation sites (tertiary alicyclic amines) is 1. The Balaban J connectivity index is 1.28. The molecule has 2 aromatic carbocycles. The van der Waals surface area contributed by atoms with Crippen molar-refractivity contribution in [3.8, 4) is 28.3 Å². The van der Waals surface area contributed by atoms with E-state index < -0.39 is 0 Å². The van der Waals surface area contributed by atoms with Crippen LogP contribution in [0, 0.1) is 12.0 Å². The van der Waals surface area contributed by atoms with Crippen LogP contribution in [0.4, 0.5) is 11.4 Å². The predicted molar refractivity (Wildman–Crippen MR) is 135 cm³/mol. The first-order valence-electron chi connectivity index (χ1n) is 11.9. The molecule has 1 amide bonds. The van der Waals surface area contributed by atoms with Gasteiger partial charge in [-0.15, -0.1) is 0 Å². The van der Waals surface area contributed by atoms with E-state index in [1.807, 2.05) is 41.6 Å². The molecular weight excluding hydrogens is 436 g/mol. The summed E-state index contributed by atoms with van der Waals surface area (Å²) in [6.07, 6.45) is 6.63. The van der Waals surface area contributed by atoms with Crippen LogP contribution in [0.2, 0.25) is 0 Å². The zero-order chi connectivity index (χ0) is 23.7. The van der Waals surface area contributed by atoms with Gasteiger partial charge in [-0.2, -0.15) is 0 Å². The highest BCUT2D eigenvalue weighted by atomic mass is 16.2. The maximum Gasteiger partial charge on any atom is 0.227 e. The van der Waals surface area contributed by atoms with Crippen LogP contribution in [0.3, 0.4) is 0 Å². The molecule has 0 saturated carbocycles. The minimum Gasteiger partial charge on any atom is -0.340 e. The van der Waals surface area contributed by atoms with Crippen LogP contribution in [-0.4, -0.2) is 51.6 Å². The lowest BCUT2D eigenvalue weighted by molar-refractivity contribution is -0.118. The number of carbonyl (C=O) groups is 1. The minimum absolute atomic E-state index is 0.113. The van der Waals surface area contributed by atoms with Crippen molar-refractivity contribution in [3.63, 3.8) is 0 Å². The third kappa shape index (κ3) is 3.07. The fourth-order valence-corrected chi connectivity index (χ4v) is 6.13. The van der Waals surface area contributed by atoms with Gasteiger partial charge in [0.2, 0.25) is 5.91 Å². The molecule has 0 unspecified atom stereocenters. The number of carbonyl (C=O) groups excluding carboxylic acids is 1. The quantitative estimate of drug-likeness (QED) is 0.362. The van der Waals surface area contributed by atoms with E-state index >= 15 is 0 Å². The number of aromatic nitrogens is 3. The summed E-state index contributed by atoms with van der Waals surface area (Å²) >= 11 is 0.